The molecule has 4 nitrogen and oxygen atoms in total. The molecule has 1 rings (SSSR count). The van der Waals surface area contributed by atoms with Crippen LogP contribution < -0.4 is 0 Å². The predicted octanol–water partition coefficient (Wildman–Crippen LogP) is 2.14. The predicted molar refractivity (Wildman–Crippen MR) is 55.2 cm³/mol. The van der Waals surface area contributed by atoms with E-state index in [4.69, 9.17) is 5.11 Å². The number of aromatic carboxylic acids is 1. The molecule has 0 saturated heterocycles. The lowest BCUT2D eigenvalue weighted by Gasteiger charge is -2.04. The van der Waals surface area contributed by atoms with Crippen molar-refractivity contribution < 1.29 is 9.90 Å². The molecule has 1 aromatic heterocycles. The van der Waals surface area contributed by atoms with E-state index in [1.807, 2.05) is 13.8 Å². The Morgan fingerprint density at radius 3 is 2.71 bits per heavy atom. The van der Waals surface area contributed by atoms with Crippen molar-refractivity contribution in [1.29, 1.82) is 0 Å². The molecule has 0 aliphatic heterocycles. The van der Waals surface area contributed by atoms with Crippen LogP contribution >= 0.6 is 15.9 Å². The highest BCUT2D eigenvalue weighted by Crippen LogP contribution is 2.11. The first kappa shape index (κ1) is 11.1. The van der Waals surface area contributed by atoms with E-state index in [1.54, 1.807) is 0 Å². The summed E-state index contributed by atoms with van der Waals surface area (Å²) in [6.07, 6.45) is 0.680. The Morgan fingerprint density at radius 2 is 2.21 bits per heavy atom. The van der Waals surface area contributed by atoms with Crippen molar-refractivity contribution in [2.75, 3.05) is 0 Å². The monoisotopic (exact) mass is 258 g/mol. The van der Waals surface area contributed by atoms with E-state index in [9.17, 15) is 4.79 Å². The van der Waals surface area contributed by atoms with E-state index in [-0.39, 0.29) is 5.69 Å². The van der Waals surface area contributed by atoms with Gasteiger partial charge in [0.25, 0.3) is 0 Å². The number of hydrogen-bond donors (Lipinski definition) is 1. The van der Waals surface area contributed by atoms with Crippen LogP contribution in [0, 0.1) is 5.92 Å². The van der Waals surface area contributed by atoms with Crippen molar-refractivity contribution in [2.24, 2.45) is 5.92 Å². The number of hydrogen-bond acceptors (Lipinski definition) is 3. The third-order valence-electron chi connectivity index (χ3n) is 1.55. The first-order valence-corrected chi connectivity index (χ1v) is 5.05. The van der Waals surface area contributed by atoms with Gasteiger partial charge in [0.1, 0.15) is 10.4 Å². The highest BCUT2D eigenvalue weighted by atomic mass is 79.9. The largest absolute Gasteiger partial charge is 0.477 e. The maximum Gasteiger partial charge on any atom is 0.354 e. The van der Waals surface area contributed by atoms with Crippen LogP contribution in [0.4, 0.5) is 0 Å². The summed E-state index contributed by atoms with van der Waals surface area (Å²) in [5, 5.41) is 8.76. The topological polar surface area (TPSA) is 63.1 Å². The standard InChI is InChI=1S/C9H11BrN2O2/c1-5(2)3-8-11-6(9(13)14)4-7(10)12-8/h4-5H,3H2,1-2H3,(H,13,14). The molecule has 14 heavy (non-hydrogen) atoms. The number of nitrogens with zero attached hydrogens (tertiary/aromatic N) is 2. The fraction of sp³-hybridized carbons (Fsp3) is 0.444. The second-order valence-corrected chi connectivity index (χ2v) is 4.21. The number of halogens is 1. The molecule has 76 valence electrons. The van der Waals surface area contributed by atoms with Crippen LogP contribution in [0.15, 0.2) is 10.7 Å². The average Bonchev–Trinajstić information content (AvgIpc) is 2.01. The molecule has 0 aromatic carbocycles. The average molecular weight is 259 g/mol. The molecule has 0 fully saturated rings. The molecule has 0 saturated carbocycles. The normalized spacial score (nSPS) is 10.6. The van der Waals surface area contributed by atoms with E-state index in [2.05, 4.69) is 25.9 Å². The third-order valence-corrected chi connectivity index (χ3v) is 1.96. The lowest BCUT2D eigenvalue weighted by molar-refractivity contribution is 0.0689. The number of carboxylic acids is 1. The summed E-state index contributed by atoms with van der Waals surface area (Å²) in [6.45, 7) is 4.06. The van der Waals surface area contributed by atoms with Gasteiger partial charge < -0.3 is 5.11 Å². The van der Waals surface area contributed by atoms with Crippen molar-refractivity contribution in [2.45, 2.75) is 20.3 Å². The molecule has 0 spiro atoms. The summed E-state index contributed by atoms with van der Waals surface area (Å²) in [5.74, 6) is -0.0594. The van der Waals surface area contributed by atoms with Crippen molar-refractivity contribution in [3.05, 3.63) is 22.2 Å². The lowest BCUT2D eigenvalue weighted by Crippen LogP contribution is -2.07. The maximum absolute atomic E-state index is 10.7. The number of aromatic nitrogens is 2. The molecule has 0 amide bonds. The Labute approximate surface area is 90.5 Å². The highest BCUT2D eigenvalue weighted by Gasteiger charge is 2.09. The SMILES string of the molecule is CC(C)Cc1nc(Br)cc(C(=O)O)n1. The van der Waals surface area contributed by atoms with Crippen molar-refractivity contribution >= 4 is 21.9 Å². The van der Waals surface area contributed by atoms with Crippen LogP contribution in [0.2, 0.25) is 0 Å². The van der Waals surface area contributed by atoms with Crippen LogP contribution in [0.1, 0.15) is 30.2 Å². The molecular weight excluding hydrogens is 248 g/mol. The summed E-state index contributed by atoms with van der Waals surface area (Å²) < 4.78 is 0.514. The Balaban J connectivity index is 3.01. The first-order valence-electron chi connectivity index (χ1n) is 4.25. The summed E-state index contributed by atoms with van der Waals surface area (Å²) in [6, 6.07) is 1.40. The minimum Gasteiger partial charge on any atom is -0.477 e. The van der Waals surface area contributed by atoms with E-state index < -0.39 is 5.97 Å². The van der Waals surface area contributed by atoms with E-state index in [1.165, 1.54) is 6.07 Å². The first-order chi connectivity index (χ1) is 6.49. The van der Waals surface area contributed by atoms with Crippen LogP contribution in [0.5, 0.6) is 0 Å². The van der Waals surface area contributed by atoms with Gasteiger partial charge in [-0.05, 0) is 21.8 Å². The molecule has 0 aliphatic carbocycles. The zero-order valence-electron chi connectivity index (χ0n) is 7.99. The van der Waals surface area contributed by atoms with Crippen molar-refractivity contribution in [3.63, 3.8) is 0 Å². The van der Waals surface area contributed by atoms with E-state index in [0.717, 1.165) is 0 Å². The fourth-order valence-electron chi connectivity index (χ4n) is 1.03. The lowest BCUT2D eigenvalue weighted by atomic mass is 10.1. The van der Waals surface area contributed by atoms with E-state index >= 15 is 0 Å². The molecule has 1 aromatic rings. The van der Waals surface area contributed by atoms with Crippen LogP contribution in [-0.4, -0.2) is 21.0 Å². The molecular formula is C9H11BrN2O2. The van der Waals surface area contributed by atoms with Gasteiger partial charge in [-0.15, -0.1) is 0 Å². The molecule has 0 aliphatic rings. The molecule has 0 atom stereocenters. The number of rotatable bonds is 3. The smallest absolute Gasteiger partial charge is 0.354 e. The fourth-order valence-corrected chi connectivity index (χ4v) is 1.45. The number of carbonyl (C=O) groups is 1. The van der Waals surface area contributed by atoms with Gasteiger partial charge in [-0.2, -0.15) is 0 Å². The molecule has 5 heteroatoms. The summed E-state index contributed by atoms with van der Waals surface area (Å²) in [7, 11) is 0. The Hall–Kier alpha value is -0.970. The van der Waals surface area contributed by atoms with Crippen LogP contribution in [0.25, 0.3) is 0 Å². The molecule has 0 unspecified atom stereocenters. The van der Waals surface area contributed by atoms with Gasteiger partial charge >= 0.3 is 5.97 Å². The Morgan fingerprint density at radius 1 is 1.57 bits per heavy atom. The van der Waals surface area contributed by atoms with E-state index in [0.29, 0.717) is 22.8 Å². The number of carboxylic acid groups (broad SMARTS) is 1. The van der Waals surface area contributed by atoms with Gasteiger partial charge in [0.2, 0.25) is 0 Å². The third kappa shape index (κ3) is 3.06. The zero-order chi connectivity index (χ0) is 10.7. The van der Waals surface area contributed by atoms with Gasteiger partial charge in [0.05, 0.1) is 0 Å². The van der Waals surface area contributed by atoms with Gasteiger partial charge in [0.15, 0.2) is 5.69 Å². The highest BCUT2D eigenvalue weighted by molar-refractivity contribution is 9.10. The Bertz CT molecular complexity index is 353. The van der Waals surface area contributed by atoms with Crippen molar-refractivity contribution in [3.8, 4) is 0 Å². The molecule has 1 heterocycles. The van der Waals surface area contributed by atoms with Crippen molar-refractivity contribution in [1.82, 2.24) is 9.97 Å². The van der Waals surface area contributed by atoms with Gasteiger partial charge in [-0.3, -0.25) is 0 Å². The summed E-state index contributed by atoms with van der Waals surface area (Å²) in [4.78, 5) is 18.7. The molecule has 0 radical (unpaired) electrons. The molecule has 0 bridgehead atoms. The van der Waals surface area contributed by atoms with Gasteiger partial charge in [-0.25, -0.2) is 14.8 Å². The second-order valence-electron chi connectivity index (χ2n) is 3.40. The van der Waals surface area contributed by atoms with Gasteiger partial charge in [-0.1, -0.05) is 13.8 Å². The second kappa shape index (κ2) is 4.50. The summed E-state index contributed by atoms with van der Waals surface area (Å²) in [5.41, 5.74) is 0.0301. The summed E-state index contributed by atoms with van der Waals surface area (Å²) >= 11 is 3.16. The minimum atomic E-state index is -1.03. The molecule has 1 N–H and O–H groups in total. The van der Waals surface area contributed by atoms with Crippen LogP contribution in [0.3, 0.4) is 0 Å². The van der Waals surface area contributed by atoms with Gasteiger partial charge in [0, 0.05) is 12.5 Å². The zero-order valence-corrected chi connectivity index (χ0v) is 9.58. The minimum absolute atomic E-state index is 0.0301. The maximum atomic E-state index is 10.7. The van der Waals surface area contributed by atoms with Crippen LogP contribution in [-0.2, 0) is 6.42 Å². The Kier molecular flexibility index (Phi) is 3.57. The quantitative estimate of drug-likeness (QED) is 0.844.